The second kappa shape index (κ2) is 5.47. The first kappa shape index (κ1) is 14.0. The van der Waals surface area contributed by atoms with Gasteiger partial charge in [0.15, 0.2) is 0 Å². The van der Waals surface area contributed by atoms with Crippen molar-refractivity contribution in [2.75, 3.05) is 0 Å². The van der Waals surface area contributed by atoms with Gasteiger partial charge in [-0.25, -0.2) is 4.98 Å². The Morgan fingerprint density at radius 2 is 2.14 bits per heavy atom. The fraction of sp³-hybridized carbons (Fsp3) is 0.125. The van der Waals surface area contributed by atoms with Crippen LogP contribution < -0.4 is 5.56 Å². The van der Waals surface area contributed by atoms with Gasteiger partial charge in [-0.15, -0.1) is 11.3 Å². The van der Waals surface area contributed by atoms with E-state index in [2.05, 4.69) is 4.98 Å². The Labute approximate surface area is 131 Å². The molecule has 0 fully saturated rings. The van der Waals surface area contributed by atoms with Crippen molar-refractivity contribution in [2.24, 2.45) is 0 Å². The maximum atomic E-state index is 12.2. The highest BCUT2D eigenvalue weighted by Crippen LogP contribution is 2.24. The zero-order valence-electron chi connectivity index (χ0n) is 11.6. The van der Waals surface area contributed by atoms with Crippen LogP contribution in [-0.4, -0.2) is 9.38 Å². The summed E-state index contributed by atoms with van der Waals surface area (Å²) in [6, 6.07) is 9.25. The fourth-order valence-corrected chi connectivity index (χ4v) is 3.21. The van der Waals surface area contributed by atoms with Crippen molar-refractivity contribution in [1.29, 1.82) is 0 Å². The molecular weight excluding hydrogens is 304 g/mol. The largest absolute Gasteiger partial charge is 0.269 e. The summed E-state index contributed by atoms with van der Waals surface area (Å²) in [5, 5.41) is 0.472. The van der Waals surface area contributed by atoms with Crippen LogP contribution in [0.15, 0.2) is 41.3 Å². The second-order valence-corrected chi connectivity index (χ2v) is 6.53. The van der Waals surface area contributed by atoms with Crippen LogP contribution in [0.4, 0.5) is 0 Å². The van der Waals surface area contributed by atoms with Gasteiger partial charge in [0.25, 0.3) is 5.56 Å². The topological polar surface area (TPSA) is 34.4 Å². The van der Waals surface area contributed by atoms with E-state index in [4.69, 9.17) is 11.6 Å². The predicted octanol–water partition coefficient (Wildman–Crippen LogP) is 4.11. The van der Waals surface area contributed by atoms with Crippen LogP contribution in [-0.2, 0) is 0 Å². The van der Waals surface area contributed by atoms with Gasteiger partial charge in [0.2, 0.25) is 0 Å². The number of fused-ring (bicyclic) bond motifs is 1. The molecule has 21 heavy (non-hydrogen) atoms. The predicted molar refractivity (Wildman–Crippen MR) is 89.0 cm³/mol. The van der Waals surface area contributed by atoms with Crippen LogP contribution >= 0.6 is 22.9 Å². The molecule has 0 spiro atoms. The summed E-state index contributed by atoms with van der Waals surface area (Å²) in [6.45, 7) is 3.96. The lowest BCUT2D eigenvalue weighted by atomic mass is 10.2. The fourth-order valence-electron chi connectivity index (χ4n) is 2.11. The van der Waals surface area contributed by atoms with E-state index in [-0.39, 0.29) is 5.56 Å². The Bertz CT molecular complexity index is 908. The molecular formula is C16H13ClN2OS. The Balaban J connectivity index is 2.14. The molecule has 3 aromatic heterocycles. The van der Waals surface area contributed by atoms with E-state index >= 15 is 0 Å². The molecule has 0 bridgehead atoms. The number of rotatable bonds is 2. The first-order valence-electron chi connectivity index (χ1n) is 6.47. The molecule has 106 valence electrons. The molecule has 5 heteroatoms. The van der Waals surface area contributed by atoms with Crippen molar-refractivity contribution in [2.45, 2.75) is 13.8 Å². The number of pyridine rings is 1. The lowest BCUT2D eigenvalue weighted by molar-refractivity contribution is 1.02. The quantitative estimate of drug-likeness (QED) is 0.713. The van der Waals surface area contributed by atoms with Gasteiger partial charge in [-0.2, -0.15) is 0 Å². The highest BCUT2D eigenvalue weighted by molar-refractivity contribution is 7.12. The number of thiophene rings is 1. The van der Waals surface area contributed by atoms with Gasteiger partial charge in [0, 0.05) is 22.0 Å². The Kier molecular flexibility index (Phi) is 3.66. The van der Waals surface area contributed by atoms with Crippen molar-refractivity contribution in [1.82, 2.24) is 9.38 Å². The van der Waals surface area contributed by atoms with E-state index in [1.807, 2.05) is 44.2 Å². The lowest BCUT2D eigenvalue weighted by Gasteiger charge is -2.05. The summed E-state index contributed by atoms with van der Waals surface area (Å²) >= 11 is 7.98. The summed E-state index contributed by atoms with van der Waals surface area (Å²) in [5.74, 6) is 0. The van der Waals surface area contributed by atoms with Gasteiger partial charge in [0.1, 0.15) is 5.65 Å². The molecule has 0 saturated heterocycles. The normalized spacial score (nSPS) is 12.0. The Morgan fingerprint density at radius 3 is 2.86 bits per heavy atom. The standard InChI is InChI=1S/C16H13ClN2OS/c1-10-4-3-7-19-15(20)9-14(18-16(10)19)13(17)8-12-6-5-11(2)21-12/h3-9H,1-2H3/b13-8-. The number of halogens is 1. The van der Waals surface area contributed by atoms with Crippen LogP contribution in [0.2, 0.25) is 0 Å². The van der Waals surface area contributed by atoms with E-state index in [9.17, 15) is 4.79 Å². The summed E-state index contributed by atoms with van der Waals surface area (Å²) in [6.07, 6.45) is 3.55. The number of nitrogens with zero attached hydrogens (tertiary/aromatic N) is 2. The van der Waals surface area contributed by atoms with E-state index in [0.29, 0.717) is 16.4 Å². The highest BCUT2D eigenvalue weighted by Gasteiger charge is 2.07. The molecule has 0 N–H and O–H groups in total. The number of hydrogen-bond donors (Lipinski definition) is 0. The van der Waals surface area contributed by atoms with Gasteiger partial charge < -0.3 is 0 Å². The summed E-state index contributed by atoms with van der Waals surface area (Å²) in [5.41, 5.74) is 1.94. The van der Waals surface area contributed by atoms with Crippen LogP contribution in [0.5, 0.6) is 0 Å². The number of hydrogen-bond acceptors (Lipinski definition) is 3. The maximum Gasteiger partial charge on any atom is 0.258 e. The van der Waals surface area contributed by atoms with Crippen molar-refractivity contribution < 1.29 is 0 Å². The molecule has 0 atom stereocenters. The average molecular weight is 317 g/mol. The molecule has 0 aliphatic carbocycles. The third-order valence-electron chi connectivity index (χ3n) is 3.16. The van der Waals surface area contributed by atoms with Crippen LogP contribution in [0.25, 0.3) is 16.8 Å². The van der Waals surface area contributed by atoms with Crippen molar-refractivity contribution in [3.63, 3.8) is 0 Å². The third-order valence-corrected chi connectivity index (χ3v) is 4.41. The molecule has 3 nitrogen and oxygen atoms in total. The minimum absolute atomic E-state index is 0.132. The smallest absolute Gasteiger partial charge is 0.258 e. The second-order valence-electron chi connectivity index (χ2n) is 4.81. The summed E-state index contributed by atoms with van der Waals surface area (Å²) in [4.78, 5) is 18.9. The first-order valence-corrected chi connectivity index (χ1v) is 7.67. The van der Waals surface area contributed by atoms with E-state index in [1.165, 1.54) is 15.3 Å². The zero-order valence-corrected chi connectivity index (χ0v) is 13.2. The summed E-state index contributed by atoms with van der Waals surface area (Å²) < 4.78 is 1.53. The molecule has 0 saturated carbocycles. The molecule has 0 amide bonds. The molecule has 3 aromatic rings. The first-order chi connectivity index (χ1) is 10.0. The lowest BCUT2D eigenvalue weighted by Crippen LogP contribution is -2.15. The van der Waals surface area contributed by atoms with Gasteiger partial charge in [-0.3, -0.25) is 9.20 Å². The zero-order chi connectivity index (χ0) is 15.0. The Hall–Kier alpha value is -1.91. The van der Waals surface area contributed by atoms with Gasteiger partial charge in [-0.1, -0.05) is 17.7 Å². The van der Waals surface area contributed by atoms with Gasteiger partial charge in [0.05, 0.1) is 10.7 Å². The molecule has 0 aliphatic heterocycles. The van der Waals surface area contributed by atoms with Crippen molar-refractivity contribution in [3.8, 4) is 0 Å². The molecule has 3 heterocycles. The van der Waals surface area contributed by atoms with Gasteiger partial charge >= 0.3 is 0 Å². The minimum atomic E-state index is -0.132. The SMILES string of the molecule is Cc1ccc(/C=C(\Cl)c2cc(=O)n3cccc(C)c3n2)s1. The number of aryl methyl sites for hydroxylation is 2. The van der Waals surface area contributed by atoms with Crippen molar-refractivity contribution in [3.05, 3.63) is 67.9 Å². The number of aromatic nitrogens is 2. The van der Waals surface area contributed by atoms with Crippen LogP contribution in [0.3, 0.4) is 0 Å². The van der Waals surface area contributed by atoms with Gasteiger partial charge in [-0.05, 0) is 43.7 Å². The average Bonchev–Trinajstić information content (AvgIpc) is 2.85. The highest BCUT2D eigenvalue weighted by atomic mass is 35.5. The molecule has 0 radical (unpaired) electrons. The third kappa shape index (κ3) is 2.77. The minimum Gasteiger partial charge on any atom is -0.269 e. The maximum absolute atomic E-state index is 12.2. The molecule has 0 unspecified atom stereocenters. The van der Waals surface area contributed by atoms with Crippen LogP contribution in [0, 0.1) is 13.8 Å². The molecule has 3 rings (SSSR count). The summed E-state index contributed by atoms with van der Waals surface area (Å²) in [7, 11) is 0. The molecule has 0 aromatic carbocycles. The van der Waals surface area contributed by atoms with Crippen molar-refractivity contribution >= 4 is 39.7 Å². The van der Waals surface area contributed by atoms with E-state index in [0.717, 1.165) is 10.4 Å². The Morgan fingerprint density at radius 1 is 1.33 bits per heavy atom. The monoisotopic (exact) mass is 316 g/mol. The van der Waals surface area contributed by atoms with E-state index < -0.39 is 0 Å². The van der Waals surface area contributed by atoms with Crippen LogP contribution in [0.1, 0.15) is 21.0 Å². The van der Waals surface area contributed by atoms with E-state index in [1.54, 1.807) is 17.5 Å². The molecule has 0 aliphatic rings.